The zero-order valence-corrected chi connectivity index (χ0v) is 14.1. The number of hydrogen-bond donors (Lipinski definition) is 1. The number of piperidine rings is 1. The van der Waals surface area contributed by atoms with E-state index in [4.69, 9.17) is 4.74 Å². The minimum absolute atomic E-state index is 0.0515. The second-order valence-corrected chi connectivity index (χ2v) is 6.85. The molecular formula is C19H28N2O2. The van der Waals surface area contributed by atoms with E-state index < -0.39 is 0 Å². The molecule has 1 N–H and O–H groups in total. The molecule has 4 nitrogen and oxygen atoms in total. The zero-order chi connectivity index (χ0) is 16.1. The number of hydrogen-bond acceptors (Lipinski definition) is 2. The highest BCUT2D eigenvalue weighted by atomic mass is 16.5. The molecular weight excluding hydrogens is 288 g/mol. The SMILES string of the molecule is CC1CCN(C(=O)NCCOc2cccc3c2CCCC3)CC1. The van der Waals surface area contributed by atoms with E-state index in [9.17, 15) is 4.79 Å². The van der Waals surface area contributed by atoms with Gasteiger partial charge in [-0.15, -0.1) is 0 Å². The number of amides is 2. The third-order valence-electron chi connectivity index (χ3n) is 5.06. The normalized spacial score (nSPS) is 18.4. The second kappa shape index (κ2) is 7.71. The van der Waals surface area contributed by atoms with E-state index in [0.717, 1.165) is 50.4 Å². The number of aryl methyl sites for hydroxylation is 1. The third-order valence-corrected chi connectivity index (χ3v) is 5.06. The summed E-state index contributed by atoms with van der Waals surface area (Å²) in [4.78, 5) is 14.0. The fraction of sp³-hybridized carbons (Fsp3) is 0.632. The van der Waals surface area contributed by atoms with E-state index in [-0.39, 0.29) is 6.03 Å². The number of benzene rings is 1. The van der Waals surface area contributed by atoms with Gasteiger partial charge in [0.1, 0.15) is 12.4 Å². The molecule has 2 amide bonds. The van der Waals surface area contributed by atoms with Gasteiger partial charge in [-0.3, -0.25) is 0 Å². The summed E-state index contributed by atoms with van der Waals surface area (Å²) >= 11 is 0. The fourth-order valence-corrected chi connectivity index (χ4v) is 3.52. The first-order chi connectivity index (χ1) is 11.2. The lowest BCUT2D eigenvalue weighted by atomic mass is 9.91. The van der Waals surface area contributed by atoms with Crippen LogP contribution in [-0.4, -0.2) is 37.2 Å². The molecule has 0 radical (unpaired) electrons. The summed E-state index contributed by atoms with van der Waals surface area (Å²) in [7, 11) is 0. The number of nitrogens with one attached hydrogen (secondary N) is 1. The Balaban J connectivity index is 1.42. The van der Waals surface area contributed by atoms with Gasteiger partial charge in [-0.2, -0.15) is 0 Å². The van der Waals surface area contributed by atoms with Crippen LogP contribution < -0.4 is 10.1 Å². The number of rotatable bonds is 4. The van der Waals surface area contributed by atoms with Crippen molar-refractivity contribution in [3.63, 3.8) is 0 Å². The zero-order valence-electron chi connectivity index (χ0n) is 14.1. The molecule has 3 rings (SSSR count). The molecule has 2 aliphatic rings. The van der Waals surface area contributed by atoms with Crippen LogP contribution in [0.3, 0.4) is 0 Å². The molecule has 0 atom stereocenters. The minimum atomic E-state index is 0.0515. The highest BCUT2D eigenvalue weighted by Crippen LogP contribution is 2.29. The summed E-state index contributed by atoms with van der Waals surface area (Å²) in [5.74, 6) is 1.75. The molecule has 4 heteroatoms. The van der Waals surface area contributed by atoms with Crippen molar-refractivity contribution in [3.8, 4) is 5.75 Å². The molecule has 1 aliphatic carbocycles. The van der Waals surface area contributed by atoms with Crippen LogP contribution in [0.4, 0.5) is 4.79 Å². The van der Waals surface area contributed by atoms with Crippen LogP contribution in [0.25, 0.3) is 0 Å². The molecule has 0 saturated carbocycles. The van der Waals surface area contributed by atoms with Crippen molar-refractivity contribution in [2.45, 2.75) is 45.4 Å². The van der Waals surface area contributed by atoms with Gasteiger partial charge in [0.15, 0.2) is 0 Å². The first kappa shape index (κ1) is 16.2. The van der Waals surface area contributed by atoms with Crippen molar-refractivity contribution in [3.05, 3.63) is 29.3 Å². The fourth-order valence-electron chi connectivity index (χ4n) is 3.52. The van der Waals surface area contributed by atoms with Crippen LogP contribution in [0.5, 0.6) is 5.75 Å². The second-order valence-electron chi connectivity index (χ2n) is 6.85. The highest BCUT2D eigenvalue weighted by Gasteiger charge is 2.19. The van der Waals surface area contributed by atoms with Crippen molar-refractivity contribution in [2.24, 2.45) is 5.92 Å². The molecule has 1 fully saturated rings. The Bertz CT molecular complexity index is 536. The highest BCUT2D eigenvalue weighted by molar-refractivity contribution is 5.74. The van der Waals surface area contributed by atoms with Crippen LogP contribution in [-0.2, 0) is 12.8 Å². The summed E-state index contributed by atoms with van der Waals surface area (Å²) in [5, 5.41) is 2.98. The van der Waals surface area contributed by atoms with Crippen molar-refractivity contribution in [1.82, 2.24) is 10.2 Å². The van der Waals surface area contributed by atoms with Gasteiger partial charge < -0.3 is 15.0 Å². The van der Waals surface area contributed by atoms with Gasteiger partial charge in [0.25, 0.3) is 0 Å². The minimum Gasteiger partial charge on any atom is -0.491 e. The summed E-state index contributed by atoms with van der Waals surface area (Å²) in [5.41, 5.74) is 2.80. The number of urea groups is 1. The van der Waals surface area contributed by atoms with E-state index in [1.165, 1.54) is 24.0 Å². The van der Waals surface area contributed by atoms with Crippen molar-refractivity contribution < 1.29 is 9.53 Å². The number of carbonyl (C=O) groups excluding carboxylic acids is 1. The first-order valence-electron chi connectivity index (χ1n) is 9.00. The molecule has 1 aliphatic heterocycles. The van der Waals surface area contributed by atoms with Crippen LogP contribution in [0.1, 0.15) is 43.7 Å². The first-order valence-corrected chi connectivity index (χ1v) is 9.00. The van der Waals surface area contributed by atoms with Gasteiger partial charge in [-0.05, 0) is 61.6 Å². The number of ether oxygens (including phenoxy) is 1. The van der Waals surface area contributed by atoms with E-state index in [2.05, 4.69) is 30.4 Å². The molecule has 0 aromatic heterocycles. The van der Waals surface area contributed by atoms with Gasteiger partial charge in [0.05, 0.1) is 6.54 Å². The molecule has 0 unspecified atom stereocenters. The Hall–Kier alpha value is -1.71. The lowest BCUT2D eigenvalue weighted by molar-refractivity contribution is 0.172. The van der Waals surface area contributed by atoms with E-state index >= 15 is 0 Å². The monoisotopic (exact) mass is 316 g/mol. The van der Waals surface area contributed by atoms with Crippen molar-refractivity contribution >= 4 is 6.03 Å². The molecule has 126 valence electrons. The Labute approximate surface area is 139 Å². The topological polar surface area (TPSA) is 41.6 Å². The number of carbonyl (C=O) groups is 1. The van der Waals surface area contributed by atoms with Crippen LogP contribution >= 0.6 is 0 Å². The standard InChI is InChI=1S/C19H28N2O2/c1-15-9-12-21(13-10-15)19(22)20-11-14-23-18-8-4-6-16-5-2-3-7-17(16)18/h4,6,8,15H,2-3,5,7,9-14H2,1H3,(H,20,22). The van der Waals surface area contributed by atoms with E-state index in [1.54, 1.807) is 0 Å². The van der Waals surface area contributed by atoms with Gasteiger partial charge in [-0.1, -0.05) is 19.1 Å². The Kier molecular flexibility index (Phi) is 5.42. The average molecular weight is 316 g/mol. The number of fused-ring (bicyclic) bond motifs is 1. The maximum Gasteiger partial charge on any atom is 0.317 e. The van der Waals surface area contributed by atoms with Crippen LogP contribution in [0.15, 0.2) is 18.2 Å². The van der Waals surface area contributed by atoms with Gasteiger partial charge in [0.2, 0.25) is 0 Å². The third kappa shape index (κ3) is 4.18. The summed E-state index contributed by atoms with van der Waals surface area (Å²) < 4.78 is 5.93. The maximum absolute atomic E-state index is 12.1. The smallest absolute Gasteiger partial charge is 0.317 e. The molecule has 1 heterocycles. The Morgan fingerprint density at radius 1 is 1.26 bits per heavy atom. The van der Waals surface area contributed by atoms with Crippen molar-refractivity contribution in [1.29, 1.82) is 0 Å². The maximum atomic E-state index is 12.1. The van der Waals surface area contributed by atoms with Gasteiger partial charge in [0, 0.05) is 13.1 Å². The van der Waals surface area contributed by atoms with E-state index in [0.29, 0.717) is 13.2 Å². The Morgan fingerprint density at radius 3 is 2.87 bits per heavy atom. The summed E-state index contributed by atoms with van der Waals surface area (Å²) in [6.07, 6.45) is 7.03. The molecule has 1 aromatic carbocycles. The quantitative estimate of drug-likeness (QED) is 0.865. The molecule has 1 aromatic rings. The number of likely N-dealkylation sites (tertiary alicyclic amines) is 1. The lowest BCUT2D eigenvalue weighted by Gasteiger charge is -2.30. The van der Waals surface area contributed by atoms with Crippen LogP contribution in [0.2, 0.25) is 0 Å². The number of nitrogens with zero attached hydrogens (tertiary/aromatic N) is 1. The Morgan fingerprint density at radius 2 is 2.04 bits per heavy atom. The predicted molar refractivity (Wildman–Crippen MR) is 91.9 cm³/mol. The lowest BCUT2D eigenvalue weighted by Crippen LogP contribution is -2.45. The summed E-state index contributed by atoms with van der Waals surface area (Å²) in [6.45, 7) is 5.10. The molecule has 1 saturated heterocycles. The summed E-state index contributed by atoms with van der Waals surface area (Å²) in [6, 6.07) is 6.39. The van der Waals surface area contributed by atoms with Gasteiger partial charge in [-0.25, -0.2) is 4.79 Å². The van der Waals surface area contributed by atoms with Crippen molar-refractivity contribution in [2.75, 3.05) is 26.2 Å². The molecule has 23 heavy (non-hydrogen) atoms. The predicted octanol–water partition coefficient (Wildman–Crippen LogP) is 3.39. The largest absolute Gasteiger partial charge is 0.491 e. The van der Waals surface area contributed by atoms with E-state index in [1.807, 2.05) is 4.90 Å². The van der Waals surface area contributed by atoms with Crippen LogP contribution in [0, 0.1) is 5.92 Å². The van der Waals surface area contributed by atoms with Gasteiger partial charge >= 0.3 is 6.03 Å². The molecule has 0 spiro atoms. The average Bonchev–Trinajstić information content (AvgIpc) is 2.59. The molecule has 0 bridgehead atoms.